The normalized spacial score (nSPS) is 10.8. The Morgan fingerprint density at radius 3 is 2.52 bits per heavy atom. The summed E-state index contributed by atoms with van der Waals surface area (Å²) in [7, 11) is 1.50. The SMILES string of the molecule is COc1ccc(NC(C)=O)cc1NC(=O)c1sc2nc(-c3ccc(F)cc3)cn2c1C. The number of methoxy groups -OCH3 is 1. The van der Waals surface area contributed by atoms with E-state index in [4.69, 9.17) is 4.74 Å². The first kappa shape index (κ1) is 20.5. The molecule has 0 aliphatic rings. The van der Waals surface area contributed by atoms with Crippen molar-refractivity contribution < 1.29 is 18.7 Å². The maximum Gasteiger partial charge on any atom is 0.267 e. The van der Waals surface area contributed by atoms with Crippen molar-refractivity contribution in [3.05, 3.63) is 65.0 Å². The second kappa shape index (κ2) is 8.19. The molecule has 0 saturated carbocycles. The lowest BCUT2D eigenvalue weighted by molar-refractivity contribution is -0.114. The third kappa shape index (κ3) is 4.13. The fourth-order valence-electron chi connectivity index (χ4n) is 3.19. The highest BCUT2D eigenvalue weighted by Crippen LogP contribution is 2.31. The number of nitrogens with zero attached hydrogens (tertiary/aromatic N) is 2. The van der Waals surface area contributed by atoms with Crippen LogP contribution in [0, 0.1) is 12.7 Å². The predicted octanol–water partition coefficient (Wildman–Crippen LogP) is 4.73. The Bertz CT molecular complexity index is 1290. The molecule has 2 aromatic carbocycles. The van der Waals surface area contributed by atoms with Gasteiger partial charge in [0.05, 0.1) is 18.5 Å². The first-order valence-electron chi connectivity index (χ1n) is 9.37. The number of hydrogen-bond acceptors (Lipinski definition) is 5. The van der Waals surface area contributed by atoms with E-state index in [-0.39, 0.29) is 17.6 Å². The van der Waals surface area contributed by atoms with Crippen LogP contribution in [0.3, 0.4) is 0 Å². The second-order valence-electron chi connectivity index (χ2n) is 6.85. The molecular formula is C22H19FN4O3S. The first-order chi connectivity index (χ1) is 14.9. The zero-order valence-corrected chi connectivity index (χ0v) is 17.8. The van der Waals surface area contributed by atoms with Crippen LogP contribution in [0.1, 0.15) is 22.3 Å². The molecule has 0 atom stereocenters. The summed E-state index contributed by atoms with van der Waals surface area (Å²) in [6.07, 6.45) is 1.82. The van der Waals surface area contributed by atoms with Crippen LogP contribution in [0.2, 0.25) is 0 Å². The number of carbonyl (C=O) groups excluding carboxylic acids is 2. The third-order valence-electron chi connectivity index (χ3n) is 4.67. The minimum atomic E-state index is -0.311. The van der Waals surface area contributed by atoms with Crippen LogP contribution in [-0.2, 0) is 4.79 Å². The number of nitrogens with one attached hydrogen (secondary N) is 2. The Hall–Kier alpha value is -3.72. The van der Waals surface area contributed by atoms with Crippen molar-refractivity contribution in [2.75, 3.05) is 17.7 Å². The predicted molar refractivity (Wildman–Crippen MR) is 118 cm³/mol. The fourth-order valence-corrected chi connectivity index (χ4v) is 4.19. The highest BCUT2D eigenvalue weighted by atomic mass is 32.1. The van der Waals surface area contributed by atoms with Crippen molar-refractivity contribution in [2.45, 2.75) is 13.8 Å². The Balaban J connectivity index is 1.62. The molecule has 0 aliphatic carbocycles. The lowest BCUT2D eigenvalue weighted by atomic mass is 10.2. The van der Waals surface area contributed by atoms with Gasteiger partial charge in [-0.05, 0) is 49.4 Å². The van der Waals surface area contributed by atoms with E-state index in [1.165, 1.54) is 37.5 Å². The lowest BCUT2D eigenvalue weighted by Crippen LogP contribution is -2.13. The van der Waals surface area contributed by atoms with Crippen molar-refractivity contribution >= 4 is 39.5 Å². The van der Waals surface area contributed by atoms with Gasteiger partial charge in [-0.15, -0.1) is 0 Å². The maximum atomic E-state index is 13.2. The van der Waals surface area contributed by atoms with Crippen molar-refractivity contribution in [2.24, 2.45) is 0 Å². The Kier molecular flexibility index (Phi) is 5.43. The van der Waals surface area contributed by atoms with Crippen LogP contribution in [-0.4, -0.2) is 28.3 Å². The molecule has 158 valence electrons. The summed E-state index contributed by atoms with van der Waals surface area (Å²) in [5.74, 6) is -0.359. The quantitative estimate of drug-likeness (QED) is 0.472. The Morgan fingerprint density at radius 1 is 1.13 bits per heavy atom. The topological polar surface area (TPSA) is 84.7 Å². The zero-order chi connectivity index (χ0) is 22.1. The third-order valence-corrected chi connectivity index (χ3v) is 5.83. The van der Waals surface area contributed by atoms with Crippen molar-refractivity contribution in [3.8, 4) is 17.0 Å². The number of thiazole rings is 1. The number of amides is 2. The number of aromatic nitrogens is 2. The van der Waals surface area contributed by atoms with Crippen LogP contribution in [0.15, 0.2) is 48.7 Å². The molecule has 0 spiro atoms. The number of rotatable bonds is 5. The average Bonchev–Trinajstić information content (AvgIpc) is 3.28. The number of aryl methyl sites for hydroxylation is 1. The standard InChI is InChI=1S/C22H19FN4O3S/c1-12-20(21(29)25-17-10-16(24-13(2)28)8-9-19(17)30-3)31-22-26-18(11-27(12)22)14-4-6-15(23)7-5-14/h4-11H,1-3H3,(H,24,28)(H,25,29). The zero-order valence-electron chi connectivity index (χ0n) is 17.0. The summed E-state index contributed by atoms with van der Waals surface area (Å²) in [6.45, 7) is 3.24. The van der Waals surface area contributed by atoms with E-state index in [9.17, 15) is 14.0 Å². The molecule has 0 aliphatic heterocycles. The van der Waals surface area contributed by atoms with Crippen LogP contribution in [0.4, 0.5) is 15.8 Å². The minimum Gasteiger partial charge on any atom is -0.495 e. The number of imidazole rings is 1. The number of halogens is 1. The van der Waals surface area contributed by atoms with Gasteiger partial charge in [-0.2, -0.15) is 0 Å². The van der Waals surface area contributed by atoms with E-state index in [1.54, 1.807) is 30.3 Å². The van der Waals surface area contributed by atoms with Gasteiger partial charge < -0.3 is 15.4 Å². The van der Waals surface area contributed by atoms with E-state index < -0.39 is 0 Å². The first-order valence-corrected chi connectivity index (χ1v) is 10.2. The van der Waals surface area contributed by atoms with E-state index in [1.807, 2.05) is 17.5 Å². The van der Waals surface area contributed by atoms with Crippen LogP contribution in [0.25, 0.3) is 16.2 Å². The molecule has 2 aromatic heterocycles. The fraction of sp³-hybridized carbons (Fsp3) is 0.136. The van der Waals surface area contributed by atoms with Crippen LogP contribution >= 0.6 is 11.3 Å². The number of anilines is 2. The lowest BCUT2D eigenvalue weighted by Gasteiger charge is -2.12. The summed E-state index contributed by atoms with van der Waals surface area (Å²) >= 11 is 1.25. The highest BCUT2D eigenvalue weighted by Gasteiger charge is 2.19. The van der Waals surface area contributed by atoms with Gasteiger partial charge in [-0.3, -0.25) is 14.0 Å². The number of hydrogen-bond donors (Lipinski definition) is 2. The molecule has 4 aromatic rings. The molecule has 0 fully saturated rings. The van der Waals surface area contributed by atoms with Gasteiger partial charge in [-0.25, -0.2) is 9.37 Å². The Labute approximate surface area is 181 Å². The van der Waals surface area contributed by atoms with Gasteiger partial charge in [0.25, 0.3) is 5.91 Å². The molecule has 0 radical (unpaired) electrons. The molecule has 4 rings (SSSR count). The maximum absolute atomic E-state index is 13.2. The molecule has 2 heterocycles. The molecule has 9 heteroatoms. The molecule has 7 nitrogen and oxygen atoms in total. The van der Waals surface area contributed by atoms with E-state index in [0.29, 0.717) is 32.7 Å². The summed E-state index contributed by atoms with van der Waals surface area (Å²) in [6, 6.07) is 11.1. The van der Waals surface area contributed by atoms with E-state index in [2.05, 4.69) is 15.6 Å². The number of fused-ring (bicyclic) bond motifs is 1. The second-order valence-corrected chi connectivity index (χ2v) is 7.83. The number of ether oxygens (including phenoxy) is 1. The van der Waals surface area contributed by atoms with Crippen molar-refractivity contribution in [1.82, 2.24) is 9.38 Å². The largest absolute Gasteiger partial charge is 0.495 e. The van der Waals surface area contributed by atoms with E-state index in [0.717, 1.165) is 11.3 Å². The van der Waals surface area contributed by atoms with Crippen molar-refractivity contribution in [3.63, 3.8) is 0 Å². The van der Waals surface area contributed by atoms with Crippen LogP contribution in [0.5, 0.6) is 5.75 Å². The summed E-state index contributed by atoms with van der Waals surface area (Å²) in [5, 5.41) is 5.53. The molecule has 2 N–H and O–H groups in total. The van der Waals surface area contributed by atoms with Gasteiger partial charge in [0.1, 0.15) is 16.4 Å². The van der Waals surface area contributed by atoms with Gasteiger partial charge >= 0.3 is 0 Å². The van der Waals surface area contributed by atoms with E-state index >= 15 is 0 Å². The van der Waals surface area contributed by atoms with Gasteiger partial charge in [0.15, 0.2) is 4.96 Å². The Morgan fingerprint density at radius 2 is 1.87 bits per heavy atom. The average molecular weight is 438 g/mol. The van der Waals surface area contributed by atoms with Gasteiger partial charge in [-0.1, -0.05) is 11.3 Å². The highest BCUT2D eigenvalue weighted by molar-refractivity contribution is 7.19. The van der Waals surface area contributed by atoms with Gasteiger partial charge in [0, 0.05) is 30.1 Å². The summed E-state index contributed by atoms with van der Waals surface area (Å²) in [5.41, 5.74) is 3.21. The molecule has 2 amide bonds. The molecule has 0 bridgehead atoms. The molecular weight excluding hydrogens is 419 g/mol. The smallest absolute Gasteiger partial charge is 0.267 e. The minimum absolute atomic E-state index is 0.213. The molecule has 0 saturated heterocycles. The van der Waals surface area contributed by atoms with Crippen LogP contribution < -0.4 is 15.4 Å². The summed E-state index contributed by atoms with van der Waals surface area (Å²) < 4.78 is 20.3. The van der Waals surface area contributed by atoms with Crippen molar-refractivity contribution in [1.29, 1.82) is 0 Å². The number of benzene rings is 2. The number of carbonyl (C=O) groups is 2. The molecule has 0 unspecified atom stereocenters. The summed E-state index contributed by atoms with van der Waals surface area (Å²) in [4.78, 5) is 30.0. The molecule has 31 heavy (non-hydrogen) atoms. The monoisotopic (exact) mass is 438 g/mol. The van der Waals surface area contributed by atoms with Gasteiger partial charge in [0.2, 0.25) is 5.91 Å².